The van der Waals surface area contributed by atoms with Crippen LogP contribution in [0.5, 0.6) is 0 Å². The fourth-order valence-electron chi connectivity index (χ4n) is 12.9. The molecule has 99 heavy (non-hydrogen) atoms. The average Bonchev–Trinajstić information content (AvgIpc) is 1.71. The van der Waals surface area contributed by atoms with Crippen LogP contribution in [0.2, 0.25) is 5.02 Å². The van der Waals surface area contributed by atoms with Crippen LogP contribution in [0.25, 0.3) is 0 Å². The van der Waals surface area contributed by atoms with Crippen LogP contribution in [0, 0.1) is 23.6 Å². The Hall–Kier alpha value is -7.91. The van der Waals surface area contributed by atoms with E-state index < -0.39 is 173 Å². The Kier molecular flexibility index (Phi) is 30.1. The SMILES string of the molecule is CC[C@H](C)C1NC(=O)[C@H](CC(C)C)N(C)C(=O)C[C@@H](C(=O)N2CCCCC2)N(C)C(=O)[C@H](C(C)C)N(C)C(=O)CCCCNC(=O)C2(C)CCCN2C(=O)[C@H](CCc2ccc(C(F)(F)F)c(Cl)c2)NC(=O)CN(C)C(=O)[C@H](Cc2ccc(F)cc2)N(C)C(=O)CN(C)C(=O)CN(C)C1=O. The van der Waals surface area contributed by atoms with Gasteiger partial charge in [-0.15, -0.1) is 0 Å². The highest BCUT2D eigenvalue weighted by Crippen LogP contribution is 2.36. The number of nitrogens with one attached hydrogen (secondary N) is 3. The second-order valence-electron chi connectivity index (χ2n) is 27.8. The molecule has 3 aliphatic rings. The topological polar surface area (TPSA) is 270 Å². The fourth-order valence-corrected chi connectivity index (χ4v) is 13.2. The number of hydrogen-bond acceptors (Lipinski definition) is 12. The second kappa shape index (κ2) is 36.4. The van der Waals surface area contributed by atoms with Crippen LogP contribution in [-0.2, 0) is 76.6 Å². The maximum absolute atomic E-state index is 14.9. The van der Waals surface area contributed by atoms with Crippen molar-refractivity contribution in [1.29, 1.82) is 0 Å². The minimum atomic E-state index is -4.77. The monoisotopic (exact) mass is 1410 g/mol. The zero-order valence-corrected chi connectivity index (χ0v) is 60.7. The molecule has 24 nitrogen and oxygen atoms in total. The first kappa shape index (κ1) is 81.8. The normalized spacial score (nSPS) is 24.8. The van der Waals surface area contributed by atoms with E-state index in [9.17, 15) is 75.1 Å². The summed E-state index contributed by atoms with van der Waals surface area (Å²) in [6.45, 7) is 11.2. The number of aryl methyl sites for hydroxylation is 1. The van der Waals surface area contributed by atoms with E-state index in [-0.39, 0.29) is 75.9 Å². The van der Waals surface area contributed by atoms with E-state index in [1.54, 1.807) is 39.5 Å². The Morgan fingerprint density at radius 2 is 1.25 bits per heavy atom. The molecule has 3 saturated heterocycles. The zero-order chi connectivity index (χ0) is 74.1. The Morgan fingerprint density at radius 3 is 1.85 bits per heavy atom. The zero-order valence-electron chi connectivity index (χ0n) is 59.9. The Labute approximate surface area is 584 Å². The number of halogens is 5. The van der Waals surface area contributed by atoms with E-state index in [4.69, 9.17) is 11.6 Å². The molecule has 3 aliphatic heterocycles. The van der Waals surface area contributed by atoms with Crippen molar-refractivity contribution >= 4 is 82.5 Å². The molecule has 3 fully saturated rings. The molecule has 0 spiro atoms. The highest BCUT2D eigenvalue weighted by molar-refractivity contribution is 6.31. The third-order valence-corrected chi connectivity index (χ3v) is 19.8. The highest BCUT2D eigenvalue weighted by Gasteiger charge is 2.48. The van der Waals surface area contributed by atoms with Crippen LogP contribution in [0.4, 0.5) is 17.6 Å². The second-order valence-corrected chi connectivity index (χ2v) is 28.2. The summed E-state index contributed by atoms with van der Waals surface area (Å²) in [5, 5.41) is 7.83. The number of likely N-dealkylation sites (N-methyl/N-ethyl adjacent to an activating group) is 7. The van der Waals surface area contributed by atoms with Crippen LogP contribution >= 0.6 is 11.6 Å². The Balaban J connectivity index is 1.54. The van der Waals surface area contributed by atoms with Crippen molar-refractivity contribution in [1.82, 2.24) is 60.0 Å². The lowest BCUT2D eigenvalue weighted by molar-refractivity contribution is -0.154. The van der Waals surface area contributed by atoms with Gasteiger partial charge in [-0.05, 0) is 124 Å². The number of likely N-dealkylation sites (tertiary alicyclic amines) is 1. The predicted octanol–water partition coefficient (Wildman–Crippen LogP) is 5.16. The minimum absolute atomic E-state index is 0.0477. The molecule has 3 N–H and O–H groups in total. The van der Waals surface area contributed by atoms with Gasteiger partial charge in [-0.2, -0.15) is 13.2 Å². The van der Waals surface area contributed by atoms with E-state index in [1.165, 1.54) is 87.1 Å². The molecule has 0 saturated carbocycles. The quantitative estimate of drug-likeness (QED) is 0.246. The first-order valence-electron chi connectivity index (χ1n) is 34.2. The van der Waals surface area contributed by atoms with Gasteiger partial charge in [0.25, 0.3) is 0 Å². The van der Waals surface area contributed by atoms with Crippen LogP contribution in [0.3, 0.4) is 0 Å². The molecule has 0 aromatic heterocycles. The van der Waals surface area contributed by atoms with Gasteiger partial charge in [0.15, 0.2) is 0 Å². The van der Waals surface area contributed by atoms with E-state index in [1.807, 2.05) is 13.8 Å². The van der Waals surface area contributed by atoms with Gasteiger partial charge in [-0.1, -0.05) is 77.8 Å². The number of fused-ring (bicyclic) bond motifs is 1. The number of nitrogens with zero attached hydrogens (tertiary/aromatic N) is 9. The number of carbonyl (C=O) groups excluding carboxylic acids is 12. The summed E-state index contributed by atoms with van der Waals surface area (Å²) < 4.78 is 55.5. The number of alkyl halides is 3. The summed E-state index contributed by atoms with van der Waals surface area (Å²) >= 11 is 6.09. The van der Waals surface area contributed by atoms with Gasteiger partial charge in [0.05, 0.1) is 36.6 Å². The lowest BCUT2D eigenvalue weighted by Crippen LogP contribution is -2.60. The molecule has 3 heterocycles. The van der Waals surface area contributed by atoms with Crippen molar-refractivity contribution in [2.75, 3.05) is 95.1 Å². The van der Waals surface area contributed by atoms with Crippen LogP contribution < -0.4 is 16.0 Å². The molecule has 12 amide bonds. The molecular weight excluding hydrogens is 1310 g/mol. The summed E-state index contributed by atoms with van der Waals surface area (Å²) in [5.74, 6) is -9.79. The molecule has 0 radical (unpaired) electrons. The minimum Gasteiger partial charge on any atom is -0.354 e. The van der Waals surface area contributed by atoms with E-state index in [0.717, 1.165) is 50.3 Å². The molecule has 2 aromatic carbocycles. The Bertz CT molecular complexity index is 3230. The number of hydrogen-bond donors (Lipinski definition) is 3. The van der Waals surface area contributed by atoms with Gasteiger partial charge < -0.3 is 60.0 Å². The molecule has 8 atom stereocenters. The largest absolute Gasteiger partial charge is 0.417 e. The van der Waals surface area contributed by atoms with Crippen molar-refractivity contribution in [2.45, 2.75) is 186 Å². The molecule has 5 rings (SSSR count). The van der Waals surface area contributed by atoms with E-state index in [2.05, 4.69) is 16.0 Å². The molecule has 0 bridgehead atoms. The van der Waals surface area contributed by atoms with Crippen molar-refractivity contribution in [3.8, 4) is 0 Å². The lowest BCUT2D eigenvalue weighted by atomic mass is 9.95. The van der Waals surface area contributed by atoms with Crippen molar-refractivity contribution in [2.24, 2.45) is 17.8 Å². The fraction of sp³-hybridized carbons (Fsp3) is 0.657. The summed E-state index contributed by atoms with van der Waals surface area (Å²) in [6, 6.07) is 0.448. The smallest absolute Gasteiger partial charge is 0.354 e. The summed E-state index contributed by atoms with van der Waals surface area (Å²) in [7, 11) is 9.53. The molecule has 29 heteroatoms. The standard InChI is InChI=1S/C70H103ClF4N12O12/c1-15-45(6)60-66(97)81(10)41-58(91)79(8)42-59(92)83(12)53(38-47-23-27-48(72)28-24-47)64(95)80(9)40-55(88)77-51(30-26-46-25-29-49(50(71)37-46)70(73,74)75)63(94)87-35-21-31-69(87,7)68(99)76-32-18-17-22-56(89)85(14)61(44(4)5)67(98)84(13)54(65(96)86-33-19-16-20-34-86)39-57(90)82(11)52(36-43(2)3)62(93)78-60/h23-25,27-29,37,43-45,51-54,60-61H,15-22,26,30-36,38-42H2,1-14H3,(H,76,99)(H,77,88)(H,78,93)/t45-,51-,52-,53-,54-,60?,61-,69?/m0/s1. The molecule has 2 aromatic rings. The van der Waals surface area contributed by atoms with Gasteiger partial charge in [-0.3, -0.25) is 57.5 Å². The summed E-state index contributed by atoms with van der Waals surface area (Å²) in [4.78, 5) is 185. The van der Waals surface area contributed by atoms with Crippen LogP contribution in [0.1, 0.15) is 142 Å². The van der Waals surface area contributed by atoms with Gasteiger partial charge in [-0.25, -0.2) is 4.39 Å². The van der Waals surface area contributed by atoms with E-state index >= 15 is 0 Å². The number of benzene rings is 2. The van der Waals surface area contributed by atoms with Crippen molar-refractivity contribution in [3.63, 3.8) is 0 Å². The maximum atomic E-state index is 14.9. The lowest BCUT2D eigenvalue weighted by Gasteiger charge is -2.39. The number of piperidine rings is 1. The van der Waals surface area contributed by atoms with Crippen LogP contribution in [-0.4, -0.2) is 252 Å². The number of amides is 12. The van der Waals surface area contributed by atoms with Gasteiger partial charge in [0.1, 0.15) is 47.6 Å². The maximum Gasteiger partial charge on any atom is 0.417 e. The first-order valence-corrected chi connectivity index (χ1v) is 34.6. The van der Waals surface area contributed by atoms with E-state index in [0.29, 0.717) is 44.3 Å². The predicted molar refractivity (Wildman–Crippen MR) is 363 cm³/mol. The third kappa shape index (κ3) is 21.8. The summed E-state index contributed by atoms with van der Waals surface area (Å²) in [6.07, 6.45) is -2.11. The van der Waals surface area contributed by atoms with Crippen molar-refractivity contribution in [3.05, 3.63) is 70.0 Å². The van der Waals surface area contributed by atoms with Gasteiger partial charge in [0, 0.05) is 88.4 Å². The van der Waals surface area contributed by atoms with Gasteiger partial charge >= 0.3 is 6.18 Å². The number of rotatable bonds is 11. The molecular formula is C70H103ClF4N12O12. The van der Waals surface area contributed by atoms with Crippen LogP contribution in [0.15, 0.2) is 42.5 Å². The van der Waals surface area contributed by atoms with Crippen molar-refractivity contribution < 1.29 is 75.1 Å². The molecule has 550 valence electrons. The average molecular weight is 1420 g/mol. The first-order chi connectivity index (χ1) is 46.3. The molecule has 2 unspecified atom stereocenters. The highest BCUT2D eigenvalue weighted by atomic mass is 35.5. The molecule has 0 aliphatic carbocycles. The number of carbonyl (C=O) groups is 12. The van der Waals surface area contributed by atoms with Gasteiger partial charge in [0.2, 0.25) is 70.9 Å². The Morgan fingerprint density at radius 1 is 0.646 bits per heavy atom. The third-order valence-electron chi connectivity index (χ3n) is 19.5. The summed E-state index contributed by atoms with van der Waals surface area (Å²) in [5.41, 5.74) is -1.89.